The van der Waals surface area contributed by atoms with Crippen molar-refractivity contribution < 1.29 is 0 Å². The van der Waals surface area contributed by atoms with Crippen molar-refractivity contribution in [1.29, 1.82) is 0 Å². The van der Waals surface area contributed by atoms with Crippen molar-refractivity contribution in [2.24, 2.45) is 5.73 Å². The van der Waals surface area contributed by atoms with Gasteiger partial charge in [-0.15, -0.1) is 0 Å². The molecule has 0 aliphatic heterocycles. The summed E-state index contributed by atoms with van der Waals surface area (Å²) < 4.78 is 0. The molecule has 0 aliphatic rings. The molecule has 19 heavy (non-hydrogen) atoms. The Bertz CT molecular complexity index is 317. The van der Waals surface area contributed by atoms with Gasteiger partial charge in [0.1, 0.15) is 0 Å². The number of nitrogens with one attached hydrogen (secondary N) is 1. The van der Waals surface area contributed by atoms with E-state index in [1.807, 2.05) is 0 Å². The summed E-state index contributed by atoms with van der Waals surface area (Å²) in [6.07, 6.45) is 3.37. The predicted molar refractivity (Wildman–Crippen MR) is 84.7 cm³/mol. The second kappa shape index (κ2) is 9.82. The molecule has 0 unspecified atom stereocenters. The minimum Gasteiger partial charge on any atom is -0.385 e. The average Bonchev–Trinajstić information content (AvgIpc) is 2.46. The van der Waals surface area contributed by atoms with Crippen molar-refractivity contribution in [2.75, 3.05) is 38.0 Å². The maximum atomic E-state index is 5.48. The zero-order valence-electron chi connectivity index (χ0n) is 12.5. The molecule has 1 aromatic carbocycles. The first kappa shape index (κ1) is 16.0. The van der Waals surface area contributed by atoms with Gasteiger partial charge in [-0.25, -0.2) is 0 Å². The van der Waals surface area contributed by atoms with Gasteiger partial charge in [-0.05, 0) is 56.6 Å². The molecule has 0 saturated heterocycles. The minimum absolute atomic E-state index is 0.784. The fourth-order valence-electron chi connectivity index (χ4n) is 2.12. The van der Waals surface area contributed by atoms with Crippen LogP contribution in [0, 0.1) is 0 Å². The number of benzene rings is 1. The van der Waals surface area contributed by atoms with Gasteiger partial charge in [0.2, 0.25) is 0 Å². The van der Waals surface area contributed by atoms with Gasteiger partial charge in [0.05, 0.1) is 0 Å². The SMILES string of the molecule is CCN(CC)CCc1ccc(NCCCCN)cc1. The molecular weight excluding hydrogens is 234 g/mol. The van der Waals surface area contributed by atoms with Gasteiger partial charge < -0.3 is 16.0 Å². The molecule has 1 aromatic rings. The summed E-state index contributed by atoms with van der Waals surface area (Å²) in [6.45, 7) is 9.66. The second-order valence-corrected chi connectivity index (χ2v) is 4.90. The quantitative estimate of drug-likeness (QED) is 0.638. The Morgan fingerprint density at radius 2 is 1.74 bits per heavy atom. The molecule has 3 nitrogen and oxygen atoms in total. The summed E-state index contributed by atoms with van der Waals surface area (Å²) in [5, 5.41) is 3.43. The summed E-state index contributed by atoms with van der Waals surface area (Å²) in [4.78, 5) is 2.46. The van der Waals surface area contributed by atoms with Crippen LogP contribution in [-0.4, -0.2) is 37.6 Å². The van der Waals surface area contributed by atoms with Crippen LogP contribution in [0.25, 0.3) is 0 Å². The number of likely N-dealkylation sites (N-methyl/N-ethyl adjacent to an activating group) is 1. The summed E-state index contributed by atoms with van der Waals surface area (Å²) in [5.41, 5.74) is 8.10. The van der Waals surface area contributed by atoms with Gasteiger partial charge >= 0.3 is 0 Å². The summed E-state index contributed by atoms with van der Waals surface area (Å²) in [7, 11) is 0. The van der Waals surface area contributed by atoms with Crippen LogP contribution in [0.4, 0.5) is 5.69 Å². The number of hydrogen-bond donors (Lipinski definition) is 2. The largest absolute Gasteiger partial charge is 0.385 e. The lowest BCUT2D eigenvalue weighted by Crippen LogP contribution is -2.25. The van der Waals surface area contributed by atoms with E-state index in [0.717, 1.165) is 52.0 Å². The topological polar surface area (TPSA) is 41.3 Å². The molecule has 0 saturated carbocycles. The van der Waals surface area contributed by atoms with E-state index in [1.165, 1.54) is 11.3 Å². The van der Waals surface area contributed by atoms with Gasteiger partial charge in [-0.2, -0.15) is 0 Å². The van der Waals surface area contributed by atoms with E-state index in [9.17, 15) is 0 Å². The van der Waals surface area contributed by atoms with Gasteiger partial charge in [-0.3, -0.25) is 0 Å². The highest BCUT2D eigenvalue weighted by atomic mass is 15.1. The van der Waals surface area contributed by atoms with E-state index >= 15 is 0 Å². The molecule has 0 bridgehead atoms. The monoisotopic (exact) mass is 263 g/mol. The zero-order valence-corrected chi connectivity index (χ0v) is 12.5. The fraction of sp³-hybridized carbons (Fsp3) is 0.625. The molecule has 0 spiro atoms. The van der Waals surface area contributed by atoms with Crippen molar-refractivity contribution in [1.82, 2.24) is 4.90 Å². The van der Waals surface area contributed by atoms with Crippen molar-refractivity contribution >= 4 is 5.69 Å². The molecule has 3 N–H and O–H groups in total. The first-order valence-electron chi connectivity index (χ1n) is 7.55. The molecule has 0 amide bonds. The lowest BCUT2D eigenvalue weighted by Gasteiger charge is -2.17. The fourth-order valence-corrected chi connectivity index (χ4v) is 2.12. The van der Waals surface area contributed by atoms with Crippen LogP contribution in [0.5, 0.6) is 0 Å². The molecule has 0 aromatic heterocycles. The van der Waals surface area contributed by atoms with E-state index in [1.54, 1.807) is 0 Å². The third-order valence-corrected chi connectivity index (χ3v) is 3.53. The van der Waals surface area contributed by atoms with Gasteiger partial charge in [0.25, 0.3) is 0 Å². The Balaban J connectivity index is 2.30. The molecular formula is C16H29N3. The highest BCUT2D eigenvalue weighted by Crippen LogP contribution is 2.10. The second-order valence-electron chi connectivity index (χ2n) is 4.90. The Labute approximate surface area is 118 Å². The maximum absolute atomic E-state index is 5.48. The first-order chi connectivity index (χ1) is 9.30. The van der Waals surface area contributed by atoms with Crippen LogP contribution in [0.15, 0.2) is 24.3 Å². The van der Waals surface area contributed by atoms with E-state index in [0.29, 0.717) is 0 Å². The van der Waals surface area contributed by atoms with Crippen LogP contribution in [0.1, 0.15) is 32.3 Å². The molecule has 108 valence electrons. The van der Waals surface area contributed by atoms with E-state index in [4.69, 9.17) is 5.73 Å². The Kier molecular flexibility index (Phi) is 8.26. The molecule has 0 atom stereocenters. The molecule has 1 rings (SSSR count). The summed E-state index contributed by atoms with van der Waals surface area (Å²) in [5.74, 6) is 0. The minimum atomic E-state index is 0.784. The van der Waals surface area contributed by atoms with Crippen molar-refractivity contribution in [3.63, 3.8) is 0 Å². The van der Waals surface area contributed by atoms with Crippen LogP contribution in [0.2, 0.25) is 0 Å². The zero-order chi connectivity index (χ0) is 13.9. The Hall–Kier alpha value is -1.06. The van der Waals surface area contributed by atoms with Crippen LogP contribution < -0.4 is 11.1 Å². The third kappa shape index (κ3) is 6.60. The number of hydrogen-bond acceptors (Lipinski definition) is 3. The smallest absolute Gasteiger partial charge is 0.0340 e. The molecule has 0 radical (unpaired) electrons. The molecule has 0 heterocycles. The lowest BCUT2D eigenvalue weighted by atomic mass is 10.1. The first-order valence-corrected chi connectivity index (χ1v) is 7.55. The van der Waals surface area contributed by atoms with Crippen LogP contribution in [-0.2, 0) is 6.42 Å². The van der Waals surface area contributed by atoms with Gasteiger partial charge in [0, 0.05) is 18.8 Å². The summed E-state index contributed by atoms with van der Waals surface area (Å²) >= 11 is 0. The Morgan fingerprint density at radius 3 is 2.32 bits per heavy atom. The van der Waals surface area contributed by atoms with Crippen molar-refractivity contribution in [3.8, 4) is 0 Å². The normalized spacial score (nSPS) is 10.9. The van der Waals surface area contributed by atoms with Gasteiger partial charge in [0.15, 0.2) is 0 Å². The Morgan fingerprint density at radius 1 is 1.05 bits per heavy atom. The average molecular weight is 263 g/mol. The molecule has 0 fully saturated rings. The number of rotatable bonds is 10. The lowest BCUT2D eigenvalue weighted by molar-refractivity contribution is 0.308. The highest BCUT2D eigenvalue weighted by molar-refractivity contribution is 5.44. The molecule has 0 aliphatic carbocycles. The van der Waals surface area contributed by atoms with Crippen LogP contribution in [0.3, 0.4) is 0 Å². The maximum Gasteiger partial charge on any atom is 0.0340 e. The van der Waals surface area contributed by atoms with Crippen molar-refractivity contribution in [2.45, 2.75) is 33.1 Å². The third-order valence-electron chi connectivity index (χ3n) is 3.53. The van der Waals surface area contributed by atoms with Crippen LogP contribution >= 0.6 is 0 Å². The number of nitrogens with two attached hydrogens (primary N) is 1. The molecule has 3 heteroatoms. The number of nitrogens with zero attached hydrogens (tertiary/aromatic N) is 1. The summed E-state index contributed by atoms with van der Waals surface area (Å²) in [6, 6.07) is 8.82. The van der Waals surface area contributed by atoms with E-state index in [-0.39, 0.29) is 0 Å². The predicted octanol–water partition coefficient (Wildman–Crippen LogP) is 2.72. The van der Waals surface area contributed by atoms with Gasteiger partial charge in [-0.1, -0.05) is 26.0 Å². The number of unbranched alkanes of at least 4 members (excludes halogenated alkanes) is 1. The van der Waals surface area contributed by atoms with E-state index < -0.39 is 0 Å². The standard InChI is InChI=1S/C16H29N3/c1-3-19(4-2)14-11-15-7-9-16(10-8-15)18-13-6-5-12-17/h7-10,18H,3-6,11-14,17H2,1-2H3. The number of anilines is 1. The van der Waals surface area contributed by atoms with Crippen molar-refractivity contribution in [3.05, 3.63) is 29.8 Å². The van der Waals surface area contributed by atoms with E-state index in [2.05, 4.69) is 48.3 Å². The highest BCUT2D eigenvalue weighted by Gasteiger charge is 2.00.